The van der Waals surface area contributed by atoms with Crippen LogP contribution in [0.5, 0.6) is 0 Å². The number of anilines is 1. The molecule has 0 aromatic heterocycles. The minimum atomic E-state index is -4.02. The van der Waals surface area contributed by atoms with Crippen LogP contribution in [0.25, 0.3) is 0 Å². The van der Waals surface area contributed by atoms with Crippen LogP contribution in [0, 0.1) is 6.92 Å². The van der Waals surface area contributed by atoms with E-state index >= 15 is 0 Å². The number of halogens is 2. The quantitative estimate of drug-likeness (QED) is 0.662. The van der Waals surface area contributed by atoms with Gasteiger partial charge in [-0.15, -0.1) is 0 Å². The molecular formula is C17H19Cl2N3O3S. The Morgan fingerprint density at radius 3 is 2.42 bits per heavy atom. The van der Waals surface area contributed by atoms with Gasteiger partial charge < -0.3 is 10.6 Å². The lowest BCUT2D eigenvalue weighted by Crippen LogP contribution is -2.26. The fraction of sp³-hybridized carbons (Fsp3) is 0.235. The fourth-order valence-electron chi connectivity index (χ4n) is 2.09. The Morgan fingerprint density at radius 2 is 1.88 bits per heavy atom. The summed E-state index contributed by atoms with van der Waals surface area (Å²) in [6.45, 7) is 4.28. The lowest BCUT2D eigenvalue weighted by molar-refractivity contribution is 0.483. The Kier molecular flexibility index (Phi) is 7.28. The second kappa shape index (κ2) is 9.23. The molecule has 0 spiro atoms. The molecule has 2 aromatic carbocycles. The average molecular weight is 416 g/mol. The van der Waals surface area contributed by atoms with E-state index in [0.29, 0.717) is 16.6 Å². The highest BCUT2D eigenvalue weighted by Crippen LogP contribution is 2.25. The van der Waals surface area contributed by atoms with Gasteiger partial charge in [0.15, 0.2) is 0 Å². The molecule has 0 radical (unpaired) electrons. The molecule has 9 heteroatoms. The molecule has 140 valence electrons. The van der Waals surface area contributed by atoms with Crippen LogP contribution in [0.4, 0.5) is 5.69 Å². The Morgan fingerprint density at radius 1 is 1.19 bits per heavy atom. The van der Waals surface area contributed by atoms with E-state index in [4.69, 9.17) is 27.8 Å². The van der Waals surface area contributed by atoms with Gasteiger partial charge in [-0.2, -0.15) is 8.42 Å². The summed E-state index contributed by atoms with van der Waals surface area (Å²) in [5, 5.41) is 7.64. The number of aryl methyl sites for hydroxylation is 1. The third-order valence-corrected chi connectivity index (χ3v) is 4.86. The summed E-state index contributed by atoms with van der Waals surface area (Å²) in [4.78, 5) is 4.21. The Balaban J connectivity index is 0.000000197. The molecule has 2 aromatic rings. The predicted octanol–water partition coefficient (Wildman–Crippen LogP) is 3.65. The molecule has 0 amide bonds. The highest BCUT2D eigenvalue weighted by molar-refractivity contribution is 7.85. The fourth-order valence-corrected chi connectivity index (χ4v) is 3.04. The van der Waals surface area contributed by atoms with Gasteiger partial charge in [0.25, 0.3) is 10.1 Å². The van der Waals surface area contributed by atoms with E-state index in [0.717, 1.165) is 30.2 Å². The van der Waals surface area contributed by atoms with E-state index in [1.54, 1.807) is 24.3 Å². The van der Waals surface area contributed by atoms with E-state index in [9.17, 15) is 8.42 Å². The average Bonchev–Trinajstić information content (AvgIpc) is 3.08. The van der Waals surface area contributed by atoms with E-state index in [-0.39, 0.29) is 4.90 Å². The van der Waals surface area contributed by atoms with Crippen LogP contribution < -0.4 is 10.6 Å². The molecule has 26 heavy (non-hydrogen) atoms. The highest BCUT2D eigenvalue weighted by atomic mass is 35.5. The van der Waals surface area contributed by atoms with Gasteiger partial charge in [-0.05, 0) is 37.3 Å². The first kappa shape index (κ1) is 20.5. The number of benzene rings is 2. The van der Waals surface area contributed by atoms with Crippen LogP contribution in [0.1, 0.15) is 5.56 Å². The first-order chi connectivity index (χ1) is 12.3. The first-order valence-electron chi connectivity index (χ1n) is 7.76. The van der Waals surface area contributed by atoms with Crippen LogP contribution in [0.2, 0.25) is 10.0 Å². The van der Waals surface area contributed by atoms with Gasteiger partial charge in [-0.1, -0.05) is 40.9 Å². The summed E-state index contributed by atoms with van der Waals surface area (Å²) in [6, 6.07) is 11.4. The van der Waals surface area contributed by atoms with Gasteiger partial charge in [0.05, 0.1) is 28.7 Å². The van der Waals surface area contributed by atoms with E-state index in [1.807, 2.05) is 13.0 Å². The normalized spacial score (nSPS) is 13.3. The Bertz CT molecular complexity index is 885. The number of hydrogen-bond acceptors (Lipinski definition) is 5. The van der Waals surface area contributed by atoms with Crippen molar-refractivity contribution >= 4 is 44.8 Å². The molecule has 3 rings (SSSR count). The van der Waals surface area contributed by atoms with Gasteiger partial charge in [0.2, 0.25) is 0 Å². The van der Waals surface area contributed by atoms with Crippen molar-refractivity contribution in [2.45, 2.75) is 11.8 Å². The van der Waals surface area contributed by atoms with Crippen molar-refractivity contribution in [2.75, 3.05) is 25.0 Å². The summed E-state index contributed by atoms with van der Waals surface area (Å²) in [6.07, 6.45) is 0. The zero-order valence-electron chi connectivity index (χ0n) is 14.0. The van der Waals surface area contributed by atoms with Gasteiger partial charge in [-0.3, -0.25) is 9.55 Å². The molecular weight excluding hydrogens is 397 g/mol. The molecule has 0 unspecified atom stereocenters. The van der Waals surface area contributed by atoms with E-state index < -0.39 is 10.1 Å². The van der Waals surface area contributed by atoms with E-state index in [1.165, 1.54) is 12.1 Å². The molecule has 1 aliphatic rings. The van der Waals surface area contributed by atoms with Gasteiger partial charge in [0, 0.05) is 11.6 Å². The number of nitrogens with zero attached hydrogens (tertiary/aromatic N) is 1. The number of rotatable bonds is 4. The summed E-state index contributed by atoms with van der Waals surface area (Å²) in [5.41, 5.74) is 1.83. The van der Waals surface area contributed by atoms with Crippen molar-refractivity contribution in [3.63, 3.8) is 0 Å². The van der Waals surface area contributed by atoms with Crippen molar-refractivity contribution in [2.24, 2.45) is 4.99 Å². The summed E-state index contributed by atoms with van der Waals surface area (Å²) in [5.74, 6) is 0.973. The zero-order chi connectivity index (χ0) is 19.2. The van der Waals surface area contributed by atoms with Crippen LogP contribution in [-0.2, 0) is 10.1 Å². The van der Waals surface area contributed by atoms with Crippen molar-refractivity contribution < 1.29 is 13.0 Å². The molecule has 0 saturated carbocycles. The Labute approximate surface area is 163 Å². The molecule has 3 N–H and O–H groups in total. The second-order valence-electron chi connectivity index (χ2n) is 5.52. The highest BCUT2D eigenvalue weighted by Gasteiger charge is 2.07. The molecule has 6 nitrogen and oxygen atoms in total. The standard InChI is InChI=1S/C10H11Cl2N3.C7H8O3S/c11-7-1-2-9(8(12)5-7)15-6-10-13-3-4-14-10;1-6-2-4-7(5-3-6)11(8,9)10/h1-2,5,15H,3-4,6H2,(H,13,14);2-5H,1H3,(H,8,9,10). The molecule has 0 aliphatic carbocycles. The monoisotopic (exact) mass is 415 g/mol. The molecule has 0 bridgehead atoms. The third-order valence-electron chi connectivity index (χ3n) is 3.44. The maximum absolute atomic E-state index is 10.5. The van der Waals surface area contributed by atoms with Crippen LogP contribution >= 0.6 is 23.2 Å². The first-order valence-corrected chi connectivity index (χ1v) is 9.95. The van der Waals surface area contributed by atoms with Crippen molar-refractivity contribution in [3.8, 4) is 0 Å². The topological polar surface area (TPSA) is 90.8 Å². The molecule has 1 aliphatic heterocycles. The van der Waals surface area contributed by atoms with Crippen LogP contribution in [0.15, 0.2) is 52.4 Å². The minimum Gasteiger partial charge on any atom is -0.377 e. The van der Waals surface area contributed by atoms with Gasteiger partial charge in [-0.25, -0.2) is 0 Å². The SMILES string of the molecule is Cc1ccc(S(=O)(=O)O)cc1.Clc1ccc(NCC2=NCCN2)c(Cl)c1. The third kappa shape index (κ3) is 6.49. The van der Waals surface area contributed by atoms with Crippen LogP contribution in [0.3, 0.4) is 0 Å². The summed E-state index contributed by atoms with van der Waals surface area (Å²) >= 11 is 11.8. The van der Waals surface area contributed by atoms with Gasteiger partial charge >= 0.3 is 0 Å². The van der Waals surface area contributed by atoms with Crippen molar-refractivity contribution in [1.82, 2.24) is 5.32 Å². The summed E-state index contributed by atoms with van der Waals surface area (Å²) in [7, 11) is -4.02. The Hall–Kier alpha value is -1.80. The zero-order valence-corrected chi connectivity index (χ0v) is 16.4. The van der Waals surface area contributed by atoms with Crippen molar-refractivity contribution in [3.05, 3.63) is 58.1 Å². The molecule has 0 fully saturated rings. The molecule has 0 atom stereocenters. The minimum absolute atomic E-state index is 0.0666. The number of nitrogens with one attached hydrogen (secondary N) is 2. The maximum atomic E-state index is 10.5. The van der Waals surface area contributed by atoms with Gasteiger partial charge in [0.1, 0.15) is 5.84 Å². The lowest BCUT2D eigenvalue weighted by Gasteiger charge is -2.08. The largest absolute Gasteiger partial charge is 0.377 e. The smallest absolute Gasteiger partial charge is 0.294 e. The lowest BCUT2D eigenvalue weighted by atomic mass is 10.2. The van der Waals surface area contributed by atoms with Crippen molar-refractivity contribution in [1.29, 1.82) is 0 Å². The maximum Gasteiger partial charge on any atom is 0.294 e. The number of hydrogen-bond donors (Lipinski definition) is 3. The molecule has 1 heterocycles. The van der Waals surface area contributed by atoms with Crippen LogP contribution in [-0.4, -0.2) is 38.4 Å². The van der Waals surface area contributed by atoms with E-state index in [2.05, 4.69) is 15.6 Å². The molecule has 0 saturated heterocycles. The summed E-state index contributed by atoms with van der Waals surface area (Å²) < 4.78 is 29.6. The predicted molar refractivity (Wildman–Crippen MR) is 106 cm³/mol. The number of aliphatic imine (C=N–C) groups is 1. The number of amidine groups is 1. The second-order valence-corrected chi connectivity index (χ2v) is 7.79.